The normalized spacial score (nSPS) is 12.8. The van der Waals surface area contributed by atoms with Crippen molar-refractivity contribution in [2.45, 2.75) is 20.0 Å². The molecule has 0 spiro atoms. The van der Waals surface area contributed by atoms with Crippen LogP contribution in [0.4, 0.5) is 25.0 Å². The first-order valence-electron chi connectivity index (χ1n) is 9.10. The molecular weight excluding hydrogens is 412 g/mol. The summed E-state index contributed by atoms with van der Waals surface area (Å²) in [5.41, 5.74) is 0.631. The quantitative estimate of drug-likeness (QED) is 0.704. The highest BCUT2D eigenvalue weighted by atomic mass is 19.1. The fraction of sp³-hybridized carbons (Fsp3) is 0.300. The molecule has 3 rings (SSSR count). The molecular formula is C20H19F2N5O4. The van der Waals surface area contributed by atoms with Crippen molar-refractivity contribution in [2.75, 3.05) is 30.6 Å². The summed E-state index contributed by atoms with van der Waals surface area (Å²) in [4.78, 5) is 30.5. The SMILES string of the molecule is COc1cc(OC)c(F)c(N2Cc3cnc(CNC(C)=O)cc3N(CC#N)C2=O)c1F. The number of aromatic nitrogens is 1. The van der Waals surface area contributed by atoms with E-state index in [-0.39, 0.29) is 37.0 Å². The summed E-state index contributed by atoms with van der Waals surface area (Å²) >= 11 is 0. The molecule has 0 radical (unpaired) electrons. The van der Waals surface area contributed by atoms with Crippen LogP contribution in [0.15, 0.2) is 18.3 Å². The van der Waals surface area contributed by atoms with Crippen molar-refractivity contribution in [1.29, 1.82) is 5.26 Å². The monoisotopic (exact) mass is 431 g/mol. The van der Waals surface area contributed by atoms with Gasteiger partial charge in [0.1, 0.15) is 12.2 Å². The maximum absolute atomic E-state index is 15.0. The van der Waals surface area contributed by atoms with E-state index in [9.17, 15) is 23.6 Å². The van der Waals surface area contributed by atoms with Crippen molar-refractivity contribution >= 4 is 23.3 Å². The third-order valence-corrected chi connectivity index (χ3v) is 4.67. The molecule has 11 heteroatoms. The predicted molar refractivity (Wildman–Crippen MR) is 106 cm³/mol. The van der Waals surface area contributed by atoms with Gasteiger partial charge in [-0.25, -0.2) is 13.6 Å². The van der Waals surface area contributed by atoms with Crippen molar-refractivity contribution in [3.8, 4) is 17.6 Å². The van der Waals surface area contributed by atoms with Crippen LogP contribution in [-0.2, 0) is 17.9 Å². The molecule has 0 saturated heterocycles. The number of hydrogen-bond acceptors (Lipinski definition) is 6. The number of urea groups is 1. The molecule has 0 saturated carbocycles. The van der Waals surface area contributed by atoms with E-state index in [1.165, 1.54) is 27.3 Å². The Morgan fingerprint density at radius 2 is 1.90 bits per heavy atom. The summed E-state index contributed by atoms with van der Waals surface area (Å²) in [5.74, 6) is -3.02. The van der Waals surface area contributed by atoms with E-state index in [2.05, 4.69) is 10.3 Å². The minimum atomic E-state index is -1.08. The minimum absolute atomic E-state index is 0.122. The zero-order chi connectivity index (χ0) is 22.7. The van der Waals surface area contributed by atoms with Gasteiger partial charge in [-0.3, -0.25) is 19.6 Å². The number of rotatable bonds is 6. The van der Waals surface area contributed by atoms with Crippen molar-refractivity contribution < 1.29 is 27.8 Å². The number of hydrogen-bond donors (Lipinski definition) is 1. The lowest BCUT2D eigenvalue weighted by atomic mass is 10.1. The van der Waals surface area contributed by atoms with Gasteiger partial charge >= 0.3 is 6.03 Å². The van der Waals surface area contributed by atoms with Crippen LogP contribution >= 0.6 is 0 Å². The van der Waals surface area contributed by atoms with E-state index < -0.39 is 23.4 Å². The van der Waals surface area contributed by atoms with Gasteiger partial charge < -0.3 is 14.8 Å². The molecule has 0 atom stereocenters. The number of amides is 3. The topological polar surface area (TPSA) is 108 Å². The largest absolute Gasteiger partial charge is 0.493 e. The number of carbonyl (C=O) groups is 2. The van der Waals surface area contributed by atoms with E-state index in [1.54, 1.807) is 6.07 Å². The summed E-state index contributed by atoms with van der Waals surface area (Å²) in [6.07, 6.45) is 1.43. The molecule has 1 N–H and O–H groups in total. The average Bonchev–Trinajstić information content (AvgIpc) is 2.75. The van der Waals surface area contributed by atoms with Crippen molar-refractivity contribution in [3.63, 3.8) is 0 Å². The van der Waals surface area contributed by atoms with Gasteiger partial charge in [0.15, 0.2) is 23.1 Å². The Balaban J connectivity index is 2.10. The molecule has 3 amide bonds. The summed E-state index contributed by atoms with van der Waals surface area (Å²) in [6.45, 7) is 0.911. The van der Waals surface area contributed by atoms with Crippen molar-refractivity contribution in [3.05, 3.63) is 41.2 Å². The van der Waals surface area contributed by atoms with Gasteiger partial charge in [-0.1, -0.05) is 0 Å². The number of ether oxygens (including phenoxy) is 2. The lowest BCUT2D eigenvalue weighted by molar-refractivity contribution is -0.119. The molecule has 9 nitrogen and oxygen atoms in total. The second-order valence-corrected chi connectivity index (χ2v) is 6.58. The zero-order valence-electron chi connectivity index (χ0n) is 17.0. The molecule has 1 aliphatic heterocycles. The lowest BCUT2D eigenvalue weighted by Gasteiger charge is -2.36. The molecule has 1 aromatic carbocycles. The van der Waals surface area contributed by atoms with E-state index in [4.69, 9.17) is 9.47 Å². The third-order valence-electron chi connectivity index (χ3n) is 4.67. The smallest absolute Gasteiger partial charge is 0.330 e. The zero-order valence-corrected chi connectivity index (χ0v) is 17.0. The van der Waals surface area contributed by atoms with Gasteiger partial charge in [0, 0.05) is 24.8 Å². The Hall–Kier alpha value is -3.94. The van der Waals surface area contributed by atoms with Gasteiger partial charge in [-0.15, -0.1) is 0 Å². The Morgan fingerprint density at radius 3 is 2.45 bits per heavy atom. The molecule has 0 unspecified atom stereocenters. The molecule has 0 fully saturated rings. The Morgan fingerprint density at radius 1 is 1.26 bits per heavy atom. The molecule has 0 aliphatic carbocycles. The molecule has 1 aliphatic rings. The summed E-state index contributed by atoms with van der Waals surface area (Å²) in [6, 6.07) is 3.66. The van der Waals surface area contributed by atoms with Gasteiger partial charge in [0.25, 0.3) is 0 Å². The molecule has 1 aromatic heterocycles. The van der Waals surface area contributed by atoms with E-state index >= 15 is 0 Å². The van der Waals surface area contributed by atoms with Gasteiger partial charge in [-0.2, -0.15) is 5.26 Å². The fourth-order valence-corrected chi connectivity index (χ4v) is 3.19. The lowest BCUT2D eigenvalue weighted by Crippen LogP contribution is -2.48. The van der Waals surface area contributed by atoms with Crippen LogP contribution in [-0.4, -0.2) is 37.7 Å². The Bertz CT molecular complexity index is 1060. The van der Waals surface area contributed by atoms with E-state index in [0.717, 1.165) is 15.9 Å². The molecule has 2 aromatic rings. The van der Waals surface area contributed by atoms with Crippen LogP contribution < -0.4 is 24.6 Å². The highest BCUT2D eigenvalue weighted by Crippen LogP contribution is 2.40. The minimum Gasteiger partial charge on any atom is -0.493 e. The van der Waals surface area contributed by atoms with Gasteiger partial charge in [0.2, 0.25) is 5.91 Å². The number of fused-ring (bicyclic) bond motifs is 1. The molecule has 2 heterocycles. The van der Waals surface area contributed by atoms with Crippen LogP contribution in [0.5, 0.6) is 11.5 Å². The number of benzene rings is 1. The maximum atomic E-state index is 15.0. The van der Waals surface area contributed by atoms with Crippen molar-refractivity contribution in [1.82, 2.24) is 10.3 Å². The number of methoxy groups -OCH3 is 2. The van der Waals surface area contributed by atoms with Crippen LogP contribution in [0.2, 0.25) is 0 Å². The maximum Gasteiger partial charge on any atom is 0.330 e. The van der Waals surface area contributed by atoms with Gasteiger partial charge in [0.05, 0.1) is 44.8 Å². The number of pyridine rings is 1. The standard InChI is InChI=1S/C20H19F2N5O4/c1-11(28)24-9-13-6-14-12(8-25-13)10-27(20(29)26(14)5-4-23)19-17(21)15(30-2)7-16(31-3)18(19)22/h6-8H,5,9-10H2,1-3H3,(H,24,28). The number of halogens is 2. The van der Waals surface area contributed by atoms with Crippen LogP contribution in [0.25, 0.3) is 0 Å². The first-order chi connectivity index (χ1) is 14.8. The molecule has 162 valence electrons. The predicted octanol–water partition coefficient (Wildman–Crippen LogP) is 2.48. The summed E-state index contributed by atoms with van der Waals surface area (Å²) < 4.78 is 39.9. The number of nitrogens with one attached hydrogen (secondary N) is 1. The second-order valence-electron chi connectivity index (χ2n) is 6.58. The molecule has 31 heavy (non-hydrogen) atoms. The highest BCUT2D eigenvalue weighted by molar-refractivity contribution is 6.06. The van der Waals surface area contributed by atoms with E-state index in [1.807, 2.05) is 6.07 Å². The second kappa shape index (κ2) is 8.83. The fourth-order valence-electron chi connectivity index (χ4n) is 3.19. The first-order valence-corrected chi connectivity index (χ1v) is 9.10. The van der Waals surface area contributed by atoms with Gasteiger partial charge in [-0.05, 0) is 6.07 Å². The molecule has 0 bridgehead atoms. The highest BCUT2D eigenvalue weighted by Gasteiger charge is 2.36. The first kappa shape index (κ1) is 21.8. The number of nitriles is 1. The summed E-state index contributed by atoms with van der Waals surface area (Å²) in [7, 11) is 2.41. The number of carbonyl (C=O) groups excluding carboxylic acids is 2. The van der Waals surface area contributed by atoms with Crippen LogP contribution in [0.1, 0.15) is 18.2 Å². The van der Waals surface area contributed by atoms with Crippen LogP contribution in [0.3, 0.4) is 0 Å². The number of anilines is 2. The van der Waals surface area contributed by atoms with Crippen molar-refractivity contribution in [2.24, 2.45) is 0 Å². The average molecular weight is 431 g/mol. The Labute approximate surface area is 176 Å². The Kier molecular flexibility index (Phi) is 6.20. The third kappa shape index (κ3) is 4.05. The summed E-state index contributed by atoms with van der Waals surface area (Å²) in [5, 5.41) is 11.8. The number of nitrogens with zero attached hydrogens (tertiary/aromatic N) is 4. The van der Waals surface area contributed by atoms with E-state index in [0.29, 0.717) is 16.9 Å². The van der Waals surface area contributed by atoms with Crippen LogP contribution in [0, 0.1) is 23.0 Å².